The summed E-state index contributed by atoms with van der Waals surface area (Å²) < 4.78 is 22.7. The van der Waals surface area contributed by atoms with Crippen molar-refractivity contribution < 1.29 is 13.9 Å². The molecule has 1 aromatic carbocycles. The maximum atomic E-state index is 15.1. The molecular formula is C39H68ClFN8O2. The fourth-order valence-electron chi connectivity index (χ4n) is 5.62. The van der Waals surface area contributed by atoms with Crippen molar-refractivity contribution in [1.29, 1.82) is 0 Å². The number of rotatable bonds is 13. The fourth-order valence-corrected chi connectivity index (χ4v) is 5.62. The number of aromatic nitrogens is 2. The van der Waals surface area contributed by atoms with Crippen LogP contribution < -0.4 is 20.9 Å². The van der Waals surface area contributed by atoms with Crippen LogP contribution in [-0.4, -0.2) is 95.9 Å². The van der Waals surface area contributed by atoms with Crippen LogP contribution in [0.25, 0.3) is 0 Å². The van der Waals surface area contributed by atoms with Gasteiger partial charge in [-0.1, -0.05) is 70.7 Å². The van der Waals surface area contributed by atoms with Gasteiger partial charge in [-0.05, 0) is 66.3 Å². The number of benzene rings is 1. The van der Waals surface area contributed by atoms with E-state index >= 15 is 4.39 Å². The first-order valence-corrected chi connectivity index (χ1v) is 19.3. The Labute approximate surface area is 313 Å². The number of carbonyl (C=O) groups excluding carboxylic acids is 1. The van der Waals surface area contributed by atoms with Gasteiger partial charge in [0.05, 0.1) is 31.0 Å². The second kappa shape index (κ2) is 26.8. The summed E-state index contributed by atoms with van der Waals surface area (Å²) in [5.74, 6) is 0.383. The van der Waals surface area contributed by atoms with E-state index in [1.165, 1.54) is 44.4 Å². The van der Waals surface area contributed by atoms with E-state index in [4.69, 9.17) is 16.3 Å². The van der Waals surface area contributed by atoms with Crippen LogP contribution in [-0.2, 0) is 13.6 Å². The summed E-state index contributed by atoms with van der Waals surface area (Å²) in [6, 6.07) is 4.32. The molecule has 1 unspecified atom stereocenters. The molecule has 1 atom stereocenters. The van der Waals surface area contributed by atoms with E-state index in [1.54, 1.807) is 21.8 Å². The maximum Gasteiger partial charge on any atom is 0.257 e. The molecule has 3 N–H and O–H groups in total. The molecule has 12 heteroatoms. The number of ether oxygens (including phenoxy) is 1. The van der Waals surface area contributed by atoms with Gasteiger partial charge >= 0.3 is 0 Å². The number of nitrogens with zero attached hydrogens (tertiary/aromatic N) is 5. The highest BCUT2D eigenvalue weighted by atomic mass is 35.5. The first-order chi connectivity index (χ1) is 24.6. The Bertz CT molecular complexity index is 1300. The molecule has 1 saturated heterocycles. The van der Waals surface area contributed by atoms with Gasteiger partial charge in [-0.15, -0.1) is 0 Å². The number of piperazine rings is 1. The SMILES string of the molecule is C/C=C(\C)Cl.C/C=C1/Nc2c(cnn2C)CN(C(=O)c2ccc(OCCCN3CCN(CCCCCC)CC3)cc2F)C1C.CC.CCNNC. The summed E-state index contributed by atoms with van der Waals surface area (Å²) in [5.41, 5.74) is 7.44. The quantitative estimate of drug-likeness (QED) is 0.142. The Hall–Kier alpha value is -2.96. The lowest BCUT2D eigenvalue weighted by Gasteiger charge is -2.34. The van der Waals surface area contributed by atoms with Gasteiger partial charge in [0.1, 0.15) is 17.4 Å². The summed E-state index contributed by atoms with van der Waals surface area (Å²) in [4.78, 5) is 20.2. The molecule has 0 saturated carbocycles. The molecule has 51 heavy (non-hydrogen) atoms. The van der Waals surface area contributed by atoms with Crippen molar-refractivity contribution >= 4 is 23.3 Å². The smallest absolute Gasteiger partial charge is 0.257 e. The number of allylic oxidation sites excluding steroid dienone is 3. The zero-order valence-corrected chi connectivity index (χ0v) is 34.0. The molecule has 2 aliphatic heterocycles. The number of carbonyl (C=O) groups is 1. The number of hydrogen-bond acceptors (Lipinski definition) is 8. The molecule has 10 nitrogen and oxygen atoms in total. The Morgan fingerprint density at radius 2 is 1.71 bits per heavy atom. The standard InChI is InChI=1S/C30H45FN6O2.C4H7Cl.C3H10N2.C2H6/c1-5-7-8-9-13-35-15-17-36(18-16-35)14-10-19-39-25-11-12-26(27(31)20-25)30(38)37-22-24-21-32-34(4)29(24)33-28(6-2)23(37)3;1-3-4(2)5;1-3-5-4-2;1-2/h6,11-12,20-21,23,33H,5,7-10,13-19,22H2,1-4H3;3H,1-2H3;4-5H,3H2,1-2H3;1-2H3/b28-6+;4-3+;;. The molecule has 0 bridgehead atoms. The fraction of sp³-hybridized carbons (Fsp3) is 0.641. The minimum absolute atomic E-state index is 0.0459. The van der Waals surface area contributed by atoms with E-state index < -0.39 is 5.82 Å². The zero-order chi connectivity index (χ0) is 38.2. The van der Waals surface area contributed by atoms with E-state index in [1.807, 2.05) is 74.7 Å². The van der Waals surface area contributed by atoms with E-state index in [2.05, 4.69) is 38.0 Å². The van der Waals surface area contributed by atoms with Gasteiger partial charge < -0.3 is 24.8 Å². The van der Waals surface area contributed by atoms with Crippen LogP contribution in [0.3, 0.4) is 0 Å². The first-order valence-electron chi connectivity index (χ1n) is 18.9. The summed E-state index contributed by atoms with van der Waals surface area (Å²) in [7, 11) is 3.71. The molecule has 1 aromatic heterocycles. The lowest BCUT2D eigenvalue weighted by atomic mass is 10.1. The van der Waals surface area contributed by atoms with Crippen LogP contribution in [0.4, 0.5) is 10.2 Å². The third-order valence-electron chi connectivity index (χ3n) is 8.71. The van der Waals surface area contributed by atoms with E-state index in [9.17, 15) is 4.79 Å². The molecule has 2 aliphatic rings. The third kappa shape index (κ3) is 16.5. The highest BCUT2D eigenvalue weighted by Crippen LogP contribution is 2.29. The van der Waals surface area contributed by atoms with Gasteiger partial charge in [-0.2, -0.15) is 5.10 Å². The van der Waals surface area contributed by atoms with Gasteiger partial charge in [0.15, 0.2) is 0 Å². The molecule has 4 rings (SSSR count). The minimum atomic E-state index is -0.564. The lowest BCUT2D eigenvalue weighted by Crippen LogP contribution is -2.46. The van der Waals surface area contributed by atoms with Gasteiger partial charge in [0, 0.05) is 68.7 Å². The Kier molecular flexibility index (Phi) is 24.2. The molecule has 3 heterocycles. The number of hydrazine groups is 1. The van der Waals surface area contributed by atoms with Crippen LogP contribution >= 0.6 is 11.6 Å². The molecule has 0 radical (unpaired) electrons. The van der Waals surface area contributed by atoms with Crippen LogP contribution in [0, 0.1) is 5.82 Å². The van der Waals surface area contributed by atoms with Crippen LogP contribution in [0.15, 0.2) is 47.3 Å². The van der Waals surface area contributed by atoms with Crippen molar-refractivity contribution in [3.8, 4) is 5.75 Å². The van der Waals surface area contributed by atoms with Crippen molar-refractivity contribution in [3.05, 3.63) is 64.2 Å². The summed E-state index contributed by atoms with van der Waals surface area (Å²) in [6.07, 6.45) is 11.7. The van der Waals surface area contributed by atoms with Crippen molar-refractivity contribution in [2.24, 2.45) is 7.05 Å². The molecule has 2 aromatic rings. The predicted molar refractivity (Wildman–Crippen MR) is 213 cm³/mol. The Morgan fingerprint density at radius 1 is 1.08 bits per heavy atom. The molecular weight excluding hydrogens is 667 g/mol. The highest BCUT2D eigenvalue weighted by Gasteiger charge is 2.31. The highest BCUT2D eigenvalue weighted by molar-refractivity contribution is 6.29. The van der Waals surface area contributed by atoms with Crippen molar-refractivity contribution in [2.75, 3.05) is 64.8 Å². The van der Waals surface area contributed by atoms with Gasteiger partial charge in [0.25, 0.3) is 5.91 Å². The van der Waals surface area contributed by atoms with Gasteiger partial charge in [-0.25, -0.2) is 4.39 Å². The van der Waals surface area contributed by atoms with E-state index in [0.29, 0.717) is 18.9 Å². The monoisotopic (exact) mass is 735 g/mol. The Balaban J connectivity index is 0.000000942. The zero-order valence-electron chi connectivity index (χ0n) is 33.2. The number of fused-ring (bicyclic) bond motifs is 1. The second-order valence-electron chi connectivity index (χ2n) is 12.4. The summed E-state index contributed by atoms with van der Waals surface area (Å²) >= 11 is 5.32. The third-order valence-corrected chi connectivity index (χ3v) is 8.93. The molecule has 0 spiro atoms. The number of halogens is 2. The van der Waals surface area contributed by atoms with E-state index in [0.717, 1.165) is 67.8 Å². The molecule has 290 valence electrons. The van der Waals surface area contributed by atoms with Crippen molar-refractivity contribution in [2.45, 2.75) is 100 Å². The van der Waals surface area contributed by atoms with Crippen LogP contribution in [0.2, 0.25) is 0 Å². The number of amides is 1. The minimum Gasteiger partial charge on any atom is -0.493 e. The topological polar surface area (TPSA) is 89.9 Å². The normalized spacial score (nSPS) is 17.1. The summed E-state index contributed by atoms with van der Waals surface area (Å²) in [5, 5.41) is 8.54. The Morgan fingerprint density at radius 3 is 2.22 bits per heavy atom. The van der Waals surface area contributed by atoms with Gasteiger partial charge in [-0.3, -0.25) is 20.3 Å². The van der Waals surface area contributed by atoms with Crippen molar-refractivity contribution in [3.63, 3.8) is 0 Å². The van der Waals surface area contributed by atoms with Crippen LogP contribution in [0.1, 0.15) is 103 Å². The first kappa shape index (κ1) is 46.1. The number of hydrogen-bond donors (Lipinski definition) is 3. The number of nitrogens with one attached hydrogen (secondary N) is 3. The van der Waals surface area contributed by atoms with Gasteiger partial charge in [0.2, 0.25) is 0 Å². The molecule has 1 fully saturated rings. The average Bonchev–Trinajstić information content (AvgIpc) is 3.41. The summed E-state index contributed by atoms with van der Waals surface area (Å²) in [6.45, 7) is 24.4. The molecule has 1 amide bonds. The maximum absolute atomic E-state index is 15.1. The van der Waals surface area contributed by atoms with Crippen molar-refractivity contribution in [1.82, 2.24) is 35.3 Å². The van der Waals surface area contributed by atoms with E-state index in [-0.39, 0.29) is 17.5 Å². The molecule has 0 aliphatic carbocycles. The number of aryl methyl sites for hydroxylation is 1. The lowest BCUT2D eigenvalue weighted by molar-refractivity contribution is 0.0701. The largest absolute Gasteiger partial charge is 0.493 e. The predicted octanol–water partition coefficient (Wildman–Crippen LogP) is 7.79. The van der Waals surface area contributed by atoms with Crippen LogP contribution in [0.5, 0.6) is 5.75 Å². The number of anilines is 1. The second-order valence-corrected chi connectivity index (χ2v) is 13.0. The average molecular weight is 735 g/mol. The number of unbranched alkanes of at least 4 members (excludes halogenated alkanes) is 3.